The van der Waals surface area contributed by atoms with Crippen LogP contribution in [0.5, 0.6) is 0 Å². The summed E-state index contributed by atoms with van der Waals surface area (Å²) in [6.07, 6.45) is 0. The molecule has 0 saturated heterocycles. The van der Waals surface area contributed by atoms with Crippen molar-refractivity contribution in [2.75, 3.05) is 5.32 Å². The summed E-state index contributed by atoms with van der Waals surface area (Å²) >= 11 is 13.1. The molecule has 0 radical (unpaired) electrons. The molecule has 0 fully saturated rings. The topological polar surface area (TPSA) is 98.3 Å². The Morgan fingerprint density at radius 3 is 2.82 bits per heavy atom. The number of fused-ring (bicyclic) bond motifs is 1. The van der Waals surface area contributed by atoms with Crippen molar-refractivity contribution >= 4 is 61.7 Å². The first kappa shape index (κ1) is 14.8. The van der Waals surface area contributed by atoms with Gasteiger partial charge in [-0.15, -0.1) is 0 Å². The van der Waals surface area contributed by atoms with E-state index in [1.54, 1.807) is 12.1 Å². The molecule has 22 heavy (non-hydrogen) atoms. The number of amides is 1. The maximum Gasteiger partial charge on any atom is 0.433 e. The van der Waals surface area contributed by atoms with Crippen LogP contribution in [-0.4, -0.2) is 15.8 Å². The lowest BCUT2D eigenvalue weighted by atomic mass is 10.3. The second-order valence-corrected chi connectivity index (χ2v) is 5.98. The Bertz CT molecular complexity index is 905. The molecular formula is C12H5Cl2N3O4S. The van der Waals surface area contributed by atoms with E-state index in [1.807, 2.05) is 0 Å². The van der Waals surface area contributed by atoms with Crippen LogP contribution in [0.1, 0.15) is 10.6 Å². The molecular weight excluding hydrogens is 353 g/mol. The molecule has 1 N–H and O–H groups in total. The van der Waals surface area contributed by atoms with Gasteiger partial charge in [-0.25, -0.2) is 4.98 Å². The van der Waals surface area contributed by atoms with E-state index < -0.39 is 16.7 Å². The summed E-state index contributed by atoms with van der Waals surface area (Å²) in [5, 5.41) is 14.1. The van der Waals surface area contributed by atoms with E-state index in [4.69, 9.17) is 27.6 Å². The fourth-order valence-corrected chi connectivity index (χ4v) is 3.30. The molecule has 112 valence electrons. The van der Waals surface area contributed by atoms with Crippen LogP contribution in [0.15, 0.2) is 28.7 Å². The number of carbonyl (C=O) groups excluding carboxylic acids is 1. The summed E-state index contributed by atoms with van der Waals surface area (Å²) < 4.78 is 5.52. The number of nitrogens with one attached hydrogen (secondary N) is 1. The van der Waals surface area contributed by atoms with Crippen LogP contribution in [0.4, 0.5) is 11.0 Å². The monoisotopic (exact) mass is 357 g/mol. The van der Waals surface area contributed by atoms with Gasteiger partial charge in [-0.3, -0.25) is 20.2 Å². The average Bonchev–Trinajstić information content (AvgIpc) is 3.04. The third kappa shape index (κ3) is 2.76. The Kier molecular flexibility index (Phi) is 3.73. The molecule has 2 aromatic heterocycles. The molecule has 0 atom stereocenters. The van der Waals surface area contributed by atoms with Crippen LogP contribution in [0.2, 0.25) is 10.0 Å². The van der Waals surface area contributed by atoms with Crippen LogP contribution < -0.4 is 5.32 Å². The molecule has 0 spiro atoms. The van der Waals surface area contributed by atoms with Gasteiger partial charge in [-0.05, 0) is 18.2 Å². The Balaban J connectivity index is 1.87. The number of thiazole rings is 1. The average molecular weight is 358 g/mol. The molecule has 7 nitrogen and oxygen atoms in total. The highest BCUT2D eigenvalue weighted by Crippen LogP contribution is 2.34. The molecule has 3 rings (SSSR count). The van der Waals surface area contributed by atoms with Gasteiger partial charge >= 0.3 is 5.88 Å². The Morgan fingerprint density at radius 1 is 1.36 bits per heavy atom. The van der Waals surface area contributed by atoms with Crippen molar-refractivity contribution in [2.24, 2.45) is 0 Å². The van der Waals surface area contributed by atoms with Crippen molar-refractivity contribution in [3.05, 3.63) is 50.2 Å². The number of nitro groups is 1. The smallest absolute Gasteiger partial charge is 0.395 e. The van der Waals surface area contributed by atoms with E-state index in [-0.39, 0.29) is 10.9 Å². The SMILES string of the molecule is O=C(Nc1nc2c(Cl)cc(Cl)cc2s1)c1ccc([N+](=O)[O-])o1. The number of carbonyl (C=O) groups is 1. The van der Waals surface area contributed by atoms with Crippen LogP contribution in [0, 0.1) is 10.1 Å². The van der Waals surface area contributed by atoms with Crippen molar-refractivity contribution in [3.63, 3.8) is 0 Å². The maximum atomic E-state index is 12.0. The molecule has 0 unspecified atom stereocenters. The molecule has 3 aromatic rings. The van der Waals surface area contributed by atoms with Crippen LogP contribution >= 0.6 is 34.5 Å². The standard InChI is InChI=1S/C12H5Cl2N3O4S/c13-5-3-6(14)10-8(4-5)22-12(15-10)16-11(18)7-1-2-9(21-7)17(19)20/h1-4H,(H,15,16,18). The summed E-state index contributed by atoms with van der Waals surface area (Å²) in [6, 6.07) is 5.54. The first-order valence-electron chi connectivity index (χ1n) is 5.75. The van der Waals surface area contributed by atoms with Gasteiger partial charge < -0.3 is 4.42 Å². The van der Waals surface area contributed by atoms with Gasteiger partial charge in [0.1, 0.15) is 10.4 Å². The lowest BCUT2D eigenvalue weighted by Crippen LogP contribution is -2.10. The van der Waals surface area contributed by atoms with Gasteiger partial charge in [0.15, 0.2) is 10.9 Å². The highest BCUT2D eigenvalue weighted by atomic mass is 35.5. The van der Waals surface area contributed by atoms with Crippen LogP contribution in [0.25, 0.3) is 10.2 Å². The fraction of sp³-hybridized carbons (Fsp3) is 0. The number of hydrogen-bond donors (Lipinski definition) is 1. The Morgan fingerprint density at radius 2 is 2.14 bits per heavy atom. The second kappa shape index (κ2) is 5.56. The molecule has 0 bridgehead atoms. The van der Waals surface area contributed by atoms with E-state index in [1.165, 1.54) is 17.4 Å². The lowest BCUT2D eigenvalue weighted by molar-refractivity contribution is -0.402. The number of furan rings is 1. The van der Waals surface area contributed by atoms with Gasteiger partial charge in [0.25, 0.3) is 5.91 Å². The summed E-state index contributed by atoms with van der Waals surface area (Å²) in [5.41, 5.74) is 0.511. The van der Waals surface area contributed by atoms with Crippen molar-refractivity contribution in [3.8, 4) is 0 Å². The van der Waals surface area contributed by atoms with E-state index in [0.717, 1.165) is 6.07 Å². The number of rotatable bonds is 3. The van der Waals surface area contributed by atoms with Gasteiger partial charge in [0.2, 0.25) is 0 Å². The zero-order valence-electron chi connectivity index (χ0n) is 10.5. The molecule has 2 heterocycles. The van der Waals surface area contributed by atoms with Crippen molar-refractivity contribution in [2.45, 2.75) is 0 Å². The molecule has 10 heteroatoms. The van der Waals surface area contributed by atoms with Gasteiger partial charge in [-0.2, -0.15) is 0 Å². The van der Waals surface area contributed by atoms with Crippen LogP contribution in [0.3, 0.4) is 0 Å². The van der Waals surface area contributed by atoms with Crippen molar-refractivity contribution in [1.29, 1.82) is 0 Å². The number of halogens is 2. The highest BCUT2D eigenvalue weighted by molar-refractivity contribution is 7.22. The van der Waals surface area contributed by atoms with E-state index in [9.17, 15) is 14.9 Å². The number of nitrogens with zero attached hydrogens (tertiary/aromatic N) is 2. The predicted molar refractivity (Wildman–Crippen MR) is 83.0 cm³/mol. The molecule has 0 saturated carbocycles. The lowest BCUT2D eigenvalue weighted by Gasteiger charge is -1.96. The Hall–Kier alpha value is -2.16. The number of hydrogen-bond acceptors (Lipinski definition) is 6. The van der Waals surface area contributed by atoms with Gasteiger partial charge in [-0.1, -0.05) is 34.5 Å². The second-order valence-electron chi connectivity index (χ2n) is 4.10. The number of aromatic nitrogens is 1. The van der Waals surface area contributed by atoms with Crippen molar-refractivity contribution in [1.82, 2.24) is 4.98 Å². The summed E-state index contributed by atoms with van der Waals surface area (Å²) in [7, 11) is 0. The van der Waals surface area contributed by atoms with E-state index in [0.29, 0.717) is 20.3 Å². The number of benzene rings is 1. The number of anilines is 1. The fourth-order valence-electron chi connectivity index (χ4n) is 1.72. The minimum atomic E-state index is -0.726. The molecule has 0 aliphatic heterocycles. The van der Waals surface area contributed by atoms with Crippen LogP contribution in [-0.2, 0) is 0 Å². The zero-order chi connectivity index (χ0) is 15.9. The summed E-state index contributed by atoms with van der Waals surface area (Å²) in [6.45, 7) is 0. The first-order chi connectivity index (χ1) is 10.4. The zero-order valence-corrected chi connectivity index (χ0v) is 12.8. The third-order valence-electron chi connectivity index (χ3n) is 2.63. The first-order valence-corrected chi connectivity index (χ1v) is 7.32. The molecule has 0 aliphatic carbocycles. The minimum absolute atomic E-state index is 0.185. The van der Waals surface area contributed by atoms with Gasteiger partial charge in [0, 0.05) is 5.02 Å². The van der Waals surface area contributed by atoms with E-state index in [2.05, 4.69) is 10.3 Å². The normalized spacial score (nSPS) is 10.8. The predicted octanol–water partition coefficient (Wildman–Crippen LogP) is 4.36. The molecule has 1 aromatic carbocycles. The molecule has 1 amide bonds. The minimum Gasteiger partial charge on any atom is -0.395 e. The summed E-state index contributed by atoms with van der Waals surface area (Å²) in [4.78, 5) is 25.9. The largest absolute Gasteiger partial charge is 0.433 e. The van der Waals surface area contributed by atoms with E-state index >= 15 is 0 Å². The quantitative estimate of drug-likeness (QED) is 0.554. The summed E-state index contributed by atoms with van der Waals surface area (Å²) in [5.74, 6) is -1.34. The van der Waals surface area contributed by atoms with Gasteiger partial charge in [0.05, 0.1) is 15.8 Å². The van der Waals surface area contributed by atoms with Crippen molar-refractivity contribution < 1.29 is 14.1 Å². The third-order valence-corrected chi connectivity index (χ3v) is 4.05. The molecule has 0 aliphatic rings. The maximum absolute atomic E-state index is 12.0. The Labute approximate surface area is 136 Å². The highest BCUT2D eigenvalue weighted by Gasteiger charge is 2.19.